The summed E-state index contributed by atoms with van der Waals surface area (Å²) < 4.78 is 1.05. The molecule has 0 aromatic heterocycles. The molecule has 0 spiro atoms. The van der Waals surface area contributed by atoms with Crippen LogP contribution in [0.3, 0.4) is 0 Å². The number of hydrogen-bond donors (Lipinski definition) is 0. The van der Waals surface area contributed by atoms with Crippen LogP contribution in [0.1, 0.15) is 12.5 Å². The molecule has 0 radical (unpaired) electrons. The van der Waals surface area contributed by atoms with Crippen LogP contribution in [0.15, 0.2) is 53.1 Å². The highest BCUT2D eigenvalue weighted by atomic mass is 127. The summed E-state index contributed by atoms with van der Waals surface area (Å²) in [5.41, 5.74) is 1.90. The van der Waals surface area contributed by atoms with Crippen molar-refractivity contribution >= 4 is 63.3 Å². The number of halogens is 2. The van der Waals surface area contributed by atoms with E-state index in [1.165, 1.54) is 17.1 Å². The molecule has 0 atom stereocenters. The van der Waals surface area contributed by atoms with Gasteiger partial charge in [-0.1, -0.05) is 17.7 Å². The average Bonchev–Trinajstić information content (AvgIpc) is 2.85. The van der Waals surface area contributed by atoms with Gasteiger partial charge in [-0.25, -0.2) is 0 Å². The SMILES string of the molecule is CC1=NN(c2ccc(I)cc2)C(=O)C1=Cc1ccc(Cl)c([N+](=O)[O-])c1. The molecule has 0 saturated heterocycles. The Morgan fingerprint density at radius 3 is 2.56 bits per heavy atom. The molecule has 2 aromatic carbocycles. The van der Waals surface area contributed by atoms with Crippen LogP contribution >= 0.6 is 34.2 Å². The largest absolute Gasteiger partial charge is 0.288 e. The minimum Gasteiger partial charge on any atom is -0.267 e. The maximum atomic E-state index is 12.7. The van der Waals surface area contributed by atoms with Crippen LogP contribution < -0.4 is 5.01 Å². The molecular formula is C17H11ClIN3O3. The number of nitro groups is 1. The van der Waals surface area contributed by atoms with Gasteiger partial charge in [0.05, 0.1) is 21.9 Å². The van der Waals surface area contributed by atoms with Crippen molar-refractivity contribution in [3.63, 3.8) is 0 Å². The Morgan fingerprint density at radius 1 is 1.24 bits per heavy atom. The zero-order chi connectivity index (χ0) is 18.1. The maximum absolute atomic E-state index is 12.7. The number of anilines is 1. The van der Waals surface area contributed by atoms with Gasteiger partial charge < -0.3 is 0 Å². The zero-order valence-corrected chi connectivity index (χ0v) is 15.9. The number of nitro benzene ring substituents is 1. The van der Waals surface area contributed by atoms with Crippen molar-refractivity contribution in [2.75, 3.05) is 5.01 Å². The number of carbonyl (C=O) groups is 1. The number of benzene rings is 2. The van der Waals surface area contributed by atoms with Crippen LogP contribution in [-0.2, 0) is 4.79 Å². The lowest BCUT2D eigenvalue weighted by atomic mass is 10.1. The summed E-state index contributed by atoms with van der Waals surface area (Å²) >= 11 is 8.00. The van der Waals surface area contributed by atoms with Crippen LogP contribution in [-0.4, -0.2) is 16.5 Å². The molecule has 1 heterocycles. The monoisotopic (exact) mass is 467 g/mol. The van der Waals surface area contributed by atoms with E-state index in [0.29, 0.717) is 22.5 Å². The van der Waals surface area contributed by atoms with Crippen molar-refractivity contribution in [2.45, 2.75) is 6.92 Å². The van der Waals surface area contributed by atoms with Crippen molar-refractivity contribution in [3.05, 3.63) is 72.3 Å². The first-order chi connectivity index (χ1) is 11.9. The highest BCUT2D eigenvalue weighted by Gasteiger charge is 2.28. The molecule has 2 aromatic rings. The molecule has 0 bridgehead atoms. The average molecular weight is 468 g/mol. The molecule has 0 aliphatic carbocycles. The lowest BCUT2D eigenvalue weighted by molar-refractivity contribution is -0.384. The number of amides is 1. The van der Waals surface area contributed by atoms with Crippen LogP contribution in [0, 0.1) is 13.7 Å². The van der Waals surface area contributed by atoms with E-state index in [4.69, 9.17) is 11.6 Å². The van der Waals surface area contributed by atoms with Crippen molar-refractivity contribution in [1.82, 2.24) is 0 Å². The van der Waals surface area contributed by atoms with E-state index >= 15 is 0 Å². The fraction of sp³-hybridized carbons (Fsp3) is 0.0588. The standard InChI is InChI=1S/C17H11ClIN3O3/c1-10-14(8-11-2-7-15(18)16(9-11)22(24)25)17(23)21(20-10)13-5-3-12(19)4-6-13/h2-9H,1H3. The summed E-state index contributed by atoms with van der Waals surface area (Å²) in [5.74, 6) is -0.281. The molecule has 25 heavy (non-hydrogen) atoms. The number of hydrogen-bond acceptors (Lipinski definition) is 4. The third-order valence-electron chi connectivity index (χ3n) is 3.61. The fourth-order valence-electron chi connectivity index (χ4n) is 2.37. The van der Waals surface area contributed by atoms with E-state index in [1.54, 1.807) is 19.1 Å². The second-order valence-electron chi connectivity index (χ2n) is 5.30. The van der Waals surface area contributed by atoms with Gasteiger partial charge in [-0.05, 0) is 71.5 Å². The van der Waals surface area contributed by atoms with E-state index in [0.717, 1.165) is 3.57 Å². The Kier molecular flexibility index (Phi) is 4.87. The molecule has 1 aliphatic heterocycles. The topological polar surface area (TPSA) is 75.8 Å². The first kappa shape index (κ1) is 17.6. The van der Waals surface area contributed by atoms with Crippen LogP contribution in [0.25, 0.3) is 6.08 Å². The predicted octanol–water partition coefficient (Wildman–Crippen LogP) is 4.66. The molecule has 0 unspecified atom stereocenters. The first-order valence-electron chi connectivity index (χ1n) is 7.18. The third kappa shape index (κ3) is 3.57. The second-order valence-corrected chi connectivity index (χ2v) is 6.96. The van der Waals surface area contributed by atoms with Crippen molar-refractivity contribution in [1.29, 1.82) is 0 Å². The van der Waals surface area contributed by atoms with Gasteiger partial charge in [-0.2, -0.15) is 10.1 Å². The second kappa shape index (κ2) is 6.93. The summed E-state index contributed by atoms with van der Waals surface area (Å²) in [5, 5.41) is 16.7. The molecule has 0 saturated carbocycles. The minimum absolute atomic E-state index is 0.0517. The minimum atomic E-state index is -0.556. The Morgan fingerprint density at radius 2 is 1.92 bits per heavy atom. The molecule has 1 amide bonds. The van der Waals surface area contributed by atoms with Crippen LogP contribution in [0.5, 0.6) is 0 Å². The third-order valence-corrected chi connectivity index (χ3v) is 4.65. The zero-order valence-electron chi connectivity index (χ0n) is 12.9. The fourth-order valence-corrected chi connectivity index (χ4v) is 2.91. The van der Waals surface area contributed by atoms with Gasteiger partial charge >= 0.3 is 0 Å². The number of hydrazone groups is 1. The van der Waals surface area contributed by atoms with Crippen molar-refractivity contribution in [3.8, 4) is 0 Å². The summed E-state index contributed by atoms with van der Waals surface area (Å²) in [6.07, 6.45) is 1.58. The normalized spacial score (nSPS) is 15.6. The number of carbonyl (C=O) groups excluding carboxylic acids is 1. The molecule has 8 heteroatoms. The molecule has 0 fully saturated rings. The maximum Gasteiger partial charge on any atom is 0.288 e. The van der Waals surface area contributed by atoms with E-state index in [1.807, 2.05) is 24.3 Å². The summed E-state index contributed by atoms with van der Waals surface area (Å²) in [7, 11) is 0. The van der Waals surface area contributed by atoms with Gasteiger partial charge in [0, 0.05) is 9.64 Å². The smallest absolute Gasteiger partial charge is 0.267 e. The highest BCUT2D eigenvalue weighted by molar-refractivity contribution is 14.1. The van der Waals surface area contributed by atoms with Gasteiger partial charge in [-0.15, -0.1) is 0 Å². The van der Waals surface area contributed by atoms with E-state index in [-0.39, 0.29) is 16.6 Å². The number of nitrogens with zero attached hydrogens (tertiary/aromatic N) is 3. The summed E-state index contributed by atoms with van der Waals surface area (Å²) in [6, 6.07) is 11.8. The van der Waals surface area contributed by atoms with Crippen molar-refractivity contribution in [2.24, 2.45) is 5.10 Å². The number of rotatable bonds is 3. The Bertz CT molecular complexity index is 939. The lowest BCUT2D eigenvalue weighted by Crippen LogP contribution is -2.21. The van der Waals surface area contributed by atoms with Crippen molar-refractivity contribution < 1.29 is 9.72 Å². The Hall–Kier alpha value is -2.26. The van der Waals surface area contributed by atoms with Crippen LogP contribution in [0.2, 0.25) is 5.02 Å². The lowest BCUT2D eigenvalue weighted by Gasteiger charge is -2.11. The van der Waals surface area contributed by atoms with Gasteiger partial charge in [0.25, 0.3) is 11.6 Å². The van der Waals surface area contributed by atoms with Gasteiger partial charge in [-0.3, -0.25) is 14.9 Å². The molecule has 126 valence electrons. The molecule has 1 aliphatic rings. The van der Waals surface area contributed by atoms with Gasteiger partial charge in [0.15, 0.2) is 0 Å². The summed E-state index contributed by atoms with van der Waals surface area (Å²) in [4.78, 5) is 23.1. The molecule has 0 N–H and O–H groups in total. The first-order valence-corrected chi connectivity index (χ1v) is 8.64. The Labute approximate surface area is 162 Å². The Balaban J connectivity index is 1.96. The molecule has 3 rings (SSSR count). The highest BCUT2D eigenvalue weighted by Crippen LogP contribution is 2.29. The van der Waals surface area contributed by atoms with E-state index in [2.05, 4.69) is 27.7 Å². The summed E-state index contributed by atoms with van der Waals surface area (Å²) in [6.45, 7) is 1.72. The van der Waals surface area contributed by atoms with Crippen LogP contribution in [0.4, 0.5) is 11.4 Å². The van der Waals surface area contributed by atoms with E-state index < -0.39 is 4.92 Å². The van der Waals surface area contributed by atoms with Gasteiger partial charge in [0.1, 0.15) is 5.02 Å². The molecule has 6 nitrogen and oxygen atoms in total. The van der Waals surface area contributed by atoms with E-state index in [9.17, 15) is 14.9 Å². The molecular weight excluding hydrogens is 457 g/mol. The predicted molar refractivity (Wildman–Crippen MR) is 106 cm³/mol. The van der Waals surface area contributed by atoms with Gasteiger partial charge in [0.2, 0.25) is 0 Å². The quantitative estimate of drug-likeness (QED) is 0.285.